The zero-order chi connectivity index (χ0) is 15.2. The summed E-state index contributed by atoms with van der Waals surface area (Å²) in [7, 11) is 0. The molecule has 1 heterocycles. The minimum Gasteiger partial charge on any atom is -0.465 e. The zero-order valence-electron chi connectivity index (χ0n) is 12.2. The van der Waals surface area contributed by atoms with Crippen molar-refractivity contribution in [3.63, 3.8) is 0 Å². The first-order valence-electron chi connectivity index (χ1n) is 7.41. The molecule has 1 aliphatic heterocycles. The van der Waals surface area contributed by atoms with Crippen LogP contribution in [-0.4, -0.2) is 37.1 Å². The first kappa shape index (κ1) is 15.7. The normalized spacial score (nSPS) is 25.5. The summed E-state index contributed by atoms with van der Waals surface area (Å²) in [5, 5.41) is 2.10. The molecule has 0 saturated heterocycles. The zero-order valence-corrected chi connectivity index (χ0v) is 12.2. The fourth-order valence-electron chi connectivity index (χ4n) is 2.78. The van der Waals surface area contributed by atoms with Crippen LogP contribution in [0.4, 0.5) is 0 Å². The first-order valence-corrected chi connectivity index (χ1v) is 7.41. The van der Waals surface area contributed by atoms with Gasteiger partial charge in [0.05, 0.1) is 19.1 Å². The maximum Gasteiger partial charge on any atom is 0.310 e. The van der Waals surface area contributed by atoms with E-state index in [1.54, 1.807) is 0 Å². The maximum absolute atomic E-state index is 11.7. The number of hydrogen-bond acceptors (Lipinski definition) is 5. The van der Waals surface area contributed by atoms with Gasteiger partial charge >= 0.3 is 5.97 Å². The number of nitrogens with one attached hydrogen (secondary N) is 1. The van der Waals surface area contributed by atoms with Crippen molar-refractivity contribution in [2.24, 2.45) is 5.92 Å². The van der Waals surface area contributed by atoms with Crippen LogP contribution in [0, 0.1) is 5.92 Å². The lowest BCUT2D eigenvalue weighted by Crippen LogP contribution is -2.27. The Morgan fingerprint density at radius 2 is 2.19 bits per heavy atom. The van der Waals surface area contributed by atoms with Gasteiger partial charge in [0.15, 0.2) is 0 Å². The summed E-state index contributed by atoms with van der Waals surface area (Å²) in [6.45, 7) is 3.03. The predicted octanol–water partition coefficient (Wildman–Crippen LogP) is 1.10. The molecule has 1 aliphatic carbocycles. The van der Waals surface area contributed by atoms with Crippen LogP contribution in [0.3, 0.4) is 0 Å². The van der Waals surface area contributed by atoms with Gasteiger partial charge in [-0.2, -0.15) is 0 Å². The summed E-state index contributed by atoms with van der Waals surface area (Å²) in [5.74, 6) is -1.14. The van der Waals surface area contributed by atoms with Gasteiger partial charge in [0.25, 0.3) is 11.8 Å². The average molecular weight is 295 g/mol. The van der Waals surface area contributed by atoms with Crippen molar-refractivity contribution >= 4 is 17.8 Å². The highest BCUT2D eigenvalue weighted by Crippen LogP contribution is 2.26. The second-order valence-electron chi connectivity index (χ2n) is 5.46. The van der Waals surface area contributed by atoms with E-state index in [4.69, 9.17) is 9.47 Å². The van der Waals surface area contributed by atoms with E-state index in [0.717, 1.165) is 31.8 Å². The van der Waals surface area contributed by atoms with Crippen molar-refractivity contribution in [2.45, 2.75) is 45.1 Å². The number of ether oxygens (including phenoxy) is 2. The molecule has 1 N–H and O–H groups in total. The third kappa shape index (κ3) is 4.67. The van der Waals surface area contributed by atoms with Crippen molar-refractivity contribution < 1.29 is 23.9 Å². The third-order valence-electron chi connectivity index (χ3n) is 3.79. The van der Waals surface area contributed by atoms with Gasteiger partial charge in [-0.05, 0) is 32.1 Å². The Labute approximate surface area is 123 Å². The standard InChI is InChI=1S/C15H21NO5/c1-2-20-12-5-3-4-10(6-12)9-21-14(18)8-11-7-13(17)16-15(11)19/h7,10,12H,2-6,8-9H2,1H3,(H,16,17,19)/t10-,12?/m0/s1. The van der Waals surface area contributed by atoms with E-state index in [1.807, 2.05) is 6.92 Å². The Kier molecular flexibility index (Phi) is 5.50. The van der Waals surface area contributed by atoms with Gasteiger partial charge in [-0.1, -0.05) is 6.42 Å². The summed E-state index contributed by atoms with van der Waals surface area (Å²) >= 11 is 0. The molecule has 1 fully saturated rings. The molecule has 1 saturated carbocycles. The van der Waals surface area contributed by atoms with E-state index in [9.17, 15) is 14.4 Å². The number of amides is 2. The molecule has 0 aromatic rings. The molecule has 6 nitrogen and oxygen atoms in total. The molecule has 6 heteroatoms. The molecular weight excluding hydrogens is 274 g/mol. The van der Waals surface area contributed by atoms with Gasteiger partial charge in [-0.25, -0.2) is 0 Å². The molecule has 0 radical (unpaired) electrons. The minimum atomic E-state index is -0.508. The second kappa shape index (κ2) is 7.36. The van der Waals surface area contributed by atoms with E-state index in [-0.39, 0.29) is 18.1 Å². The third-order valence-corrected chi connectivity index (χ3v) is 3.79. The van der Waals surface area contributed by atoms with Crippen molar-refractivity contribution in [3.8, 4) is 0 Å². The van der Waals surface area contributed by atoms with Crippen LogP contribution in [0.5, 0.6) is 0 Å². The summed E-state index contributed by atoms with van der Waals surface area (Å²) in [6, 6.07) is 0. The fourth-order valence-corrected chi connectivity index (χ4v) is 2.78. The fraction of sp³-hybridized carbons (Fsp3) is 0.667. The Morgan fingerprint density at radius 1 is 1.38 bits per heavy atom. The van der Waals surface area contributed by atoms with Crippen molar-refractivity contribution in [1.29, 1.82) is 0 Å². The molecule has 0 aromatic heterocycles. The highest BCUT2D eigenvalue weighted by atomic mass is 16.5. The number of esters is 1. The lowest BCUT2D eigenvalue weighted by molar-refractivity contribution is -0.145. The Balaban J connectivity index is 1.72. The van der Waals surface area contributed by atoms with Gasteiger partial charge in [0.2, 0.25) is 0 Å². The average Bonchev–Trinajstić information content (AvgIpc) is 2.75. The molecule has 0 aromatic carbocycles. The molecule has 0 spiro atoms. The van der Waals surface area contributed by atoms with E-state index in [0.29, 0.717) is 19.1 Å². The van der Waals surface area contributed by atoms with Gasteiger partial charge in [0.1, 0.15) is 0 Å². The molecule has 0 bridgehead atoms. The highest BCUT2D eigenvalue weighted by molar-refractivity contribution is 6.17. The Bertz CT molecular complexity index is 455. The van der Waals surface area contributed by atoms with E-state index >= 15 is 0 Å². The quantitative estimate of drug-likeness (QED) is 0.586. The molecule has 21 heavy (non-hydrogen) atoms. The van der Waals surface area contributed by atoms with Crippen LogP contribution >= 0.6 is 0 Å². The topological polar surface area (TPSA) is 81.7 Å². The summed E-state index contributed by atoms with van der Waals surface area (Å²) in [6.07, 6.45) is 5.33. The summed E-state index contributed by atoms with van der Waals surface area (Å²) < 4.78 is 10.8. The van der Waals surface area contributed by atoms with E-state index in [2.05, 4.69) is 5.32 Å². The molecule has 2 aliphatic rings. The van der Waals surface area contributed by atoms with Crippen LogP contribution in [0.2, 0.25) is 0 Å². The molecular formula is C15H21NO5. The Morgan fingerprint density at radius 3 is 2.86 bits per heavy atom. The minimum absolute atomic E-state index is 0.154. The molecule has 2 atom stereocenters. The number of carbonyl (C=O) groups is 3. The van der Waals surface area contributed by atoms with Gasteiger partial charge in [-0.3, -0.25) is 19.7 Å². The maximum atomic E-state index is 11.7. The van der Waals surface area contributed by atoms with Crippen molar-refractivity contribution in [3.05, 3.63) is 11.6 Å². The van der Waals surface area contributed by atoms with Crippen LogP contribution in [-0.2, 0) is 23.9 Å². The van der Waals surface area contributed by atoms with Crippen LogP contribution in [0.25, 0.3) is 0 Å². The summed E-state index contributed by atoms with van der Waals surface area (Å²) in [4.78, 5) is 34.0. The number of rotatable bonds is 6. The predicted molar refractivity (Wildman–Crippen MR) is 74.2 cm³/mol. The molecule has 1 unspecified atom stereocenters. The largest absolute Gasteiger partial charge is 0.465 e. The Hall–Kier alpha value is -1.69. The van der Waals surface area contributed by atoms with E-state index < -0.39 is 17.8 Å². The van der Waals surface area contributed by atoms with Crippen molar-refractivity contribution in [2.75, 3.05) is 13.2 Å². The van der Waals surface area contributed by atoms with Crippen LogP contribution < -0.4 is 5.32 Å². The molecule has 2 amide bonds. The first-order chi connectivity index (χ1) is 10.1. The number of hydrogen-bond donors (Lipinski definition) is 1. The lowest BCUT2D eigenvalue weighted by Gasteiger charge is -2.28. The van der Waals surface area contributed by atoms with Gasteiger partial charge in [0, 0.05) is 18.3 Å². The number of imide groups is 1. The van der Waals surface area contributed by atoms with Crippen LogP contribution in [0.1, 0.15) is 39.0 Å². The second-order valence-corrected chi connectivity index (χ2v) is 5.46. The SMILES string of the molecule is CCOC1CCC[C@H](COC(=O)CC2=CC(=O)NC2=O)C1. The van der Waals surface area contributed by atoms with E-state index in [1.165, 1.54) is 0 Å². The molecule has 116 valence electrons. The van der Waals surface area contributed by atoms with Crippen molar-refractivity contribution in [1.82, 2.24) is 5.32 Å². The summed E-state index contributed by atoms with van der Waals surface area (Å²) in [5.41, 5.74) is 0.167. The monoisotopic (exact) mass is 295 g/mol. The van der Waals surface area contributed by atoms with Crippen LogP contribution in [0.15, 0.2) is 11.6 Å². The van der Waals surface area contributed by atoms with Gasteiger partial charge < -0.3 is 9.47 Å². The van der Waals surface area contributed by atoms with Gasteiger partial charge in [-0.15, -0.1) is 0 Å². The molecule has 2 rings (SSSR count). The number of carbonyl (C=O) groups excluding carboxylic acids is 3. The highest BCUT2D eigenvalue weighted by Gasteiger charge is 2.26. The lowest BCUT2D eigenvalue weighted by atomic mass is 9.88. The smallest absolute Gasteiger partial charge is 0.310 e.